The van der Waals surface area contributed by atoms with Crippen LogP contribution in [0.1, 0.15) is 38.5 Å². The van der Waals surface area contributed by atoms with E-state index in [4.69, 9.17) is 25.5 Å². The summed E-state index contributed by atoms with van der Waals surface area (Å²) in [5, 5.41) is 41.1. The van der Waals surface area contributed by atoms with Crippen molar-refractivity contribution in [2.45, 2.75) is 44.6 Å². The van der Waals surface area contributed by atoms with E-state index in [1.54, 1.807) is 0 Å². The normalized spacial score (nSPS) is 10.8. The summed E-state index contributed by atoms with van der Waals surface area (Å²) in [6, 6.07) is 0. The number of carbonyl (C=O) groups excluding carboxylic acids is 1. The second-order valence-corrected chi connectivity index (χ2v) is 4.12. The van der Waals surface area contributed by atoms with Crippen LogP contribution in [-0.4, -0.2) is 61.3 Å². The van der Waals surface area contributed by atoms with Gasteiger partial charge in [0.2, 0.25) is 5.78 Å². The second kappa shape index (κ2) is 12.3. The van der Waals surface area contributed by atoms with Crippen molar-refractivity contribution < 1.29 is 49.5 Å². The van der Waals surface area contributed by atoms with Gasteiger partial charge in [0.05, 0.1) is 0 Å². The Morgan fingerprint density at radius 2 is 1.18 bits per heavy atom. The maximum Gasteiger partial charge on any atom is 0.372 e. The number of aliphatic carboxylic acids is 4. The monoisotopic (exact) mass is 322 g/mol. The Balaban J connectivity index is 0. The Morgan fingerprint density at radius 1 is 0.727 bits per heavy atom. The van der Waals surface area contributed by atoms with Gasteiger partial charge in [0.1, 0.15) is 0 Å². The molecular formula is C12H18O10. The highest BCUT2D eigenvalue weighted by molar-refractivity contribution is 6.32. The number of carboxylic acid groups (broad SMARTS) is 4. The van der Waals surface area contributed by atoms with Gasteiger partial charge in [-0.2, -0.15) is 0 Å². The summed E-state index contributed by atoms with van der Waals surface area (Å²) >= 11 is 0. The van der Waals surface area contributed by atoms with Crippen LogP contribution in [0, 0.1) is 0 Å². The zero-order chi connectivity index (χ0) is 17.7. The Kier molecular flexibility index (Phi) is 12.2. The number of aliphatic hydroxyl groups is 1. The molecule has 0 bridgehead atoms. The molecule has 0 aliphatic heterocycles. The molecule has 0 rings (SSSR count). The third-order valence-corrected chi connectivity index (χ3v) is 2.19. The molecule has 0 spiro atoms. The fourth-order valence-corrected chi connectivity index (χ4v) is 1.08. The van der Waals surface area contributed by atoms with E-state index in [1.165, 1.54) is 0 Å². The van der Waals surface area contributed by atoms with Gasteiger partial charge in [0.25, 0.3) is 0 Å². The summed E-state index contributed by atoms with van der Waals surface area (Å²) < 4.78 is 0. The molecule has 22 heavy (non-hydrogen) atoms. The van der Waals surface area contributed by atoms with Crippen LogP contribution in [0.5, 0.6) is 0 Å². The molecular weight excluding hydrogens is 304 g/mol. The average molecular weight is 322 g/mol. The highest BCUT2D eigenvalue weighted by atomic mass is 16.4. The van der Waals surface area contributed by atoms with Crippen molar-refractivity contribution in [1.82, 2.24) is 0 Å². The van der Waals surface area contributed by atoms with E-state index in [0.29, 0.717) is 0 Å². The van der Waals surface area contributed by atoms with Gasteiger partial charge < -0.3 is 25.5 Å². The number of carboxylic acids is 4. The molecule has 10 nitrogen and oxygen atoms in total. The topological polar surface area (TPSA) is 186 Å². The largest absolute Gasteiger partial charge is 0.481 e. The smallest absolute Gasteiger partial charge is 0.372 e. The minimum atomic E-state index is -1.50. The molecule has 0 saturated carbocycles. The molecule has 1 atom stereocenters. The van der Waals surface area contributed by atoms with E-state index in [1.807, 2.05) is 0 Å². The average Bonchev–Trinajstić information content (AvgIpc) is 2.38. The van der Waals surface area contributed by atoms with Gasteiger partial charge in [0, 0.05) is 19.3 Å². The van der Waals surface area contributed by atoms with E-state index in [-0.39, 0.29) is 38.5 Å². The van der Waals surface area contributed by atoms with Crippen LogP contribution in [0.15, 0.2) is 0 Å². The van der Waals surface area contributed by atoms with Crippen molar-refractivity contribution >= 4 is 29.7 Å². The van der Waals surface area contributed by atoms with Crippen molar-refractivity contribution in [3.63, 3.8) is 0 Å². The molecule has 0 amide bonds. The Hall–Kier alpha value is -2.49. The molecule has 0 heterocycles. The van der Waals surface area contributed by atoms with Crippen molar-refractivity contribution in [3.05, 3.63) is 0 Å². The fourth-order valence-electron chi connectivity index (χ4n) is 1.08. The zero-order valence-electron chi connectivity index (χ0n) is 11.6. The lowest BCUT2D eigenvalue weighted by molar-refractivity contribution is -0.149. The maximum atomic E-state index is 10.3. The Bertz CT molecular complexity index is 414. The van der Waals surface area contributed by atoms with Crippen molar-refractivity contribution in [2.24, 2.45) is 0 Å². The Labute approximate surface area is 125 Å². The predicted molar refractivity (Wildman–Crippen MR) is 69.3 cm³/mol. The lowest BCUT2D eigenvalue weighted by atomic mass is 10.1. The van der Waals surface area contributed by atoms with Crippen molar-refractivity contribution in [1.29, 1.82) is 0 Å². The SMILES string of the molecule is O=C(O)CCCC(=O)C(=O)O.O=C(O)CCCC(O)C(=O)O. The van der Waals surface area contributed by atoms with E-state index < -0.39 is 35.8 Å². The van der Waals surface area contributed by atoms with E-state index in [0.717, 1.165) is 0 Å². The van der Waals surface area contributed by atoms with E-state index in [2.05, 4.69) is 0 Å². The number of Topliss-reactive ketones (excluding diaryl/α,β-unsaturated/α-hetero) is 1. The van der Waals surface area contributed by atoms with Gasteiger partial charge in [-0.3, -0.25) is 14.4 Å². The standard InChI is InChI=1S/C6H10O5.C6H8O5/c2*7-4(6(10)11)2-1-3-5(8)9/h4,7H,1-3H2,(H,8,9)(H,10,11);1-3H2,(H,8,9)(H,10,11). The van der Waals surface area contributed by atoms with Gasteiger partial charge in [-0.1, -0.05) is 0 Å². The van der Waals surface area contributed by atoms with Crippen LogP contribution in [0.25, 0.3) is 0 Å². The van der Waals surface area contributed by atoms with Gasteiger partial charge in [0.15, 0.2) is 6.10 Å². The first-order valence-corrected chi connectivity index (χ1v) is 6.18. The molecule has 0 aliphatic rings. The fraction of sp³-hybridized carbons (Fsp3) is 0.583. The highest BCUT2D eigenvalue weighted by Gasteiger charge is 2.12. The van der Waals surface area contributed by atoms with Crippen LogP contribution in [0.3, 0.4) is 0 Å². The predicted octanol–water partition coefficient (Wildman–Crippen LogP) is -0.418. The number of aliphatic hydroxyl groups excluding tert-OH is 1. The second-order valence-electron chi connectivity index (χ2n) is 4.12. The number of carbonyl (C=O) groups is 5. The zero-order valence-corrected chi connectivity index (χ0v) is 11.6. The number of rotatable bonds is 10. The van der Waals surface area contributed by atoms with Crippen molar-refractivity contribution in [3.8, 4) is 0 Å². The summed E-state index contributed by atoms with van der Waals surface area (Å²) in [6.07, 6.45) is -1.66. The molecule has 0 fully saturated rings. The molecule has 0 aliphatic carbocycles. The summed E-state index contributed by atoms with van der Waals surface area (Å²) in [5.74, 6) is -5.76. The number of hydrogen-bond donors (Lipinski definition) is 5. The molecule has 0 aromatic rings. The first kappa shape index (κ1) is 21.8. The third kappa shape index (κ3) is 15.6. The van der Waals surface area contributed by atoms with Crippen LogP contribution in [0.4, 0.5) is 0 Å². The molecule has 5 N–H and O–H groups in total. The minimum absolute atomic E-state index is 0.0123. The highest BCUT2D eigenvalue weighted by Crippen LogP contribution is 2.00. The Morgan fingerprint density at radius 3 is 1.55 bits per heavy atom. The maximum absolute atomic E-state index is 10.3. The first-order chi connectivity index (χ1) is 10.1. The summed E-state index contributed by atoms with van der Waals surface area (Å²) in [6.45, 7) is 0. The van der Waals surface area contributed by atoms with Crippen molar-refractivity contribution in [2.75, 3.05) is 0 Å². The van der Waals surface area contributed by atoms with Gasteiger partial charge >= 0.3 is 23.9 Å². The van der Waals surface area contributed by atoms with Crippen LogP contribution in [0.2, 0.25) is 0 Å². The molecule has 0 radical (unpaired) electrons. The third-order valence-electron chi connectivity index (χ3n) is 2.19. The van der Waals surface area contributed by atoms with Crippen LogP contribution in [-0.2, 0) is 24.0 Å². The van der Waals surface area contributed by atoms with Crippen LogP contribution < -0.4 is 0 Å². The summed E-state index contributed by atoms with van der Waals surface area (Å²) in [4.78, 5) is 50.0. The minimum Gasteiger partial charge on any atom is -0.481 e. The quantitative estimate of drug-likeness (QED) is 0.330. The lowest BCUT2D eigenvalue weighted by Crippen LogP contribution is -2.19. The summed E-state index contributed by atoms with van der Waals surface area (Å²) in [7, 11) is 0. The summed E-state index contributed by atoms with van der Waals surface area (Å²) in [5.41, 5.74) is 0. The van der Waals surface area contributed by atoms with Gasteiger partial charge in [-0.15, -0.1) is 0 Å². The molecule has 10 heteroatoms. The molecule has 126 valence electrons. The van der Waals surface area contributed by atoms with Crippen LogP contribution >= 0.6 is 0 Å². The molecule has 0 aromatic carbocycles. The molecule has 0 aromatic heterocycles. The number of hydrogen-bond acceptors (Lipinski definition) is 6. The van der Waals surface area contributed by atoms with E-state index >= 15 is 0 Å². The number of ketones is 1. The van der Waals surface area contributed by atoms with Gasteiger partial charge in [-0.25, -0.2) is 9.59 Å². The molecule has 0 saturated heterocycles. The van der Waals surface area contributed by atoms with Gasteiger partial charge in [-0.05, 0) is 19.3 Å². The lowest BCUT2D eigenvalue weighted by Gasteiger charge is -2.01. The first-order valence-electron chi connectivity index (χ1n) is 6.18. The molecule has 1 unspecified atom stereocenters. The van der Waals surface area contributed by atoms with E-state index in [9.17, 15) is 24.0 Å².